The van der Waals surface area contributed by atoms with Crippen molar-refractivity contribution in [2.75, 3.05) is 0 Å². The van der Waals surface area contributed by atoms with Crippen LogP contribution in [0, 0.1) is 0 Å². The van der Waals surface area contributed by atoms with Gasteiger partial charge < -0.3 is 0 Å². The average molecular weight is 186 g/mol. The van der Waals surface area contributed by atoms with Gasteiger partial charge in [-0.2, -0.15) is 21.6 Å². The topological polar surface area (TPSA) is 54.4 Å². The van der Waals surface area contributed by atoms with Gasteiger partial charge in [-0.15, -0.1) is 0 Å². The maximum atomic E-state index is 11.3. The predicted molar refractivity (Wildman–Crippen MR) is 29.0 cm³/mol. The van der Waals surface area contributed by atoms with Gasteiger partial charge in [0.2, 0.25) is 0 Å². The molecule has 0 saturated carbocycles. The van der Waals surface area contributed by atoms with Crippen LogP contribution in [-0.2, 0) is 10.1 Å². The van der Waals surface area contributed by atoms with Crippen molar-refractivity contribution in [3.05, 3.63) is 11.2 Å². The van der Waals surface area contributed by atoms with Crippen LogP contribution < -0.4 is 0 Å². The van der Waals surface area contributed by atoms with Gasteiger partial charge in [0.15, 0.2) is 0 Å². The van der Waals surface area contributed by atoms with Crippen molar-refractivity contribution in [2.24, 2.45) is 0 Å². The SMILES string of the molecule is O=S(=O)(O)C(F)=C(F)F.[NaH]. The van der Waals surface area contributed by atoms with Crippen molar-refractivity contribution < 1.29 is 26.1 Å². The summed E-state index contributed by atoms with van der Waals surface area (Å²) in [5, 5.41) is -2.80. The van der Waals surface area contributed by atoms with Crippen LogP contribution in [0.3, 0.4) is 0 Å². The first-order valence-electron chi connectivity index (χ1n) is 1.54. The molecule has 0 atom stereocenters. The molecule has 10 heavy (non-hydrogen) atoms. The van der Waals surface area contributed by atoms with Gasteiger partial charge in [0.25, 0.3) is 0 Å². The molecule has 8 heteroatoms. The number of halogens is 3. The van der Waals surface area contributed by atoms with E-state index in [0.717, 1.165) is 0 Å². The third kappa shape index (κ3) is 4.29. The Kier molecular flexibility index (Phi) is 5.68. The molecular weight excluding hydrogens is 184 g/mol. The molecule has 0 aromatic carbocycles. The summed E-state index contributed by atoms with van der Waals surface area (Å²) in [7, 11) is -5.34. The van der Waals surface area contributed by atoms with Crippen molar-refractivity contribution in [1.82, 2.24) is 0 Å². The zero-order valence-corrected chi connectivity index (χ0v) is 4.62. The predicted octanol–water partition coefficient (Wildman–Crippen LogP) is 0.261. The van der Waals surface area contributed by atoms with E-state index >= 15 is 0 Å². The van der Waals surface area contributed by atoms with Gasteiger partial charge in [0.1, 0.15) is 0 Å². The minimum absolute atomic E-state index is 0. The van der Waals surface area contributed by atoms with E-state index in [1.807, 2.05) is 0 Å². The molecular formula is C2H2F3NaO3S. The molecule has 0 amide bonds. The average Bonchev–Trinajstić information content (AvgIpc) is 1.62. The van der Waals surface area contributed by atoms with Crippen LogP contribution in [0.15, 0.2) is 11.2 Å². The Balaban J connectivity index is 0. The fourth-order valence-electron chi connectivity index (χ4n) is 0.0975. The first-order chi connectivity index (χ1) is 3.85. The second-order valence-corrected chi connectivity index (χ2v) is 2.32. The van der Waals surface area contributed by atoms with E-state index in [9.17, 15) is 21.6 Å². The van der Waals surface area contributed by atoms with Gasteiger partial charge in [-0.25, -0.2) is 0 Å². The molecule has 0 saturated heterocycles. The molecule has 0 spiro atoms. The summed E-state index contributed by atoms with van der Waals surface area (Å²) in [5.41, 5.74) is 0. The van der Waals surface area contributed by atoms with Gasteiger partial charge in [-0.1, -0.05) is 0 Å². The fraction of sp³-hybridized carbons (Fsp3) is 0. The molecule has 56 valence electrons. The normalized spacial score (nSPS) is 10.0. The second-order valence-electron chi connectivity index (χ2n) is 1.01. The first kappa shape index (κ1) is 13.1. The minimum atomic E-state index is -5.34. The third-order valence-electron chi connectivity index (χ3n) is 0.375. The van der Waals surface area contributed by atoms with E-state index < -0.39 is 21.4 Å². The monoisotopic (exact) mass is 186 g/mol. The molecule has 0 unspecified atom stereocenters. The van der Waals surface area contributed by atoms with Gasteiger partial charge in [-0.05, 0) is 0 Å². The Labute approximate surface area is 77.0 Å². The molecule has 1 N–H and O–H groups in total. The van der Waals surface area contributed by atoms with Gasteiger partial charge in [-0.3, -0.25) is 4.55 Å². The molecule has 0 bridgehead atoms. The summed E-state index contributed by atoms with van der Waals surface area (Å²) in [6.07, 6.45) is -3.06. The molecule has 0 rings (SSSR count). The molecule has 0 aliphatic heterocycles. The Morgan fingerprint density at radius 1 is 1.20 bits per heavy atom. The Bertz CT molecular complexity index is 228. The number of hydrogen-bond donors (Lipinski definition) is 1. The first-order valence-corrected chi connectivity index (χ1v) is 2.98. The van der Waals surface area contributed by atoms with Crippen molar-refractivity contribution in [1.29, 1.82) is 0 Å². The van der Waals surface area contributed by atoms with Crippen LogP contribution in [0.1, 0.15) is 0 Å². The van der Waals surface area contributed by atoms with E-state index in [1.165, 1.54) is 0 Å². The molecule has 0 aliphatic carbocycles. The molecule has 0 fully saturated rings. The van der Waals surface area contributed by atoms with E-state index in [1.54, 1.807) is 0 Å². The molecule has 0 heterocycles. The van der Waals surface area contributed by atoms with Crippen LogP contribution in [0.5, 0.6) is 0 Å². The second kappa shape index (κ2) is 4.35. The zero-order chi connectivity index (χ0) is 7.65. The van der Waals surface area contributed by atoms with Crippen molar-refractivity contribution in [3.63, 3.8) is 0 Å². The fourth-order valence-corrected chi connectivity index (χ4v) is 0.292. The summed E-state index contributed by atoms with van der Waals surface area (Å²) in [4.78, 5) is 0. The van der Waals surface area contributed by atoms with Gasteiger partial charge in [0, 0.05) is 0 Å². The molecule has 3 nitrogen and oxygen atoms in total. The quantitative estimate of drug-likeness (QED) is 0.472. The summed E-state index contributed by atoms with van der Waals surface area (Å²) in [5.74, 6) is 0. The Hall–Kier alpha value is 0.440. The van der Waals surface area contributed by atoms with Crippen LogP contribution in [-0.4, -0.2) is 42.5 Å². The molecule has 0 aromatic heterocycles. The third-order valence-corrected chi connectivity index (χ3v) is 0.982. The summed E-state index contributed by atoms with van der Waals surface area (Å²) < 4.78 is 59.5. The van der Waals surface area contributed by atoms with E-state index in [4.69, 9.17) is 4.55 Å². The summed E-state index contributed by atoms with van der Waals surface area (Å²) in [6.45, 7) is 0. The van der Waals surface area contributed by atoms with Crippen molar-refractivity contribution in [2.45, 2.75) is 0 Å². The van der Waals surface area contributed by atoms with Crippen LogP contribution >= 0.6 is 0 Å². The standard InChI is InChI=1S/C2HF3O3S.Na.H/c3-1(4)2(5)9(6,7)8;;/h(H,6,7,8);;. The van der Waals surface area contributed by atoms with Crippen molar-refractivity contribution in [3.8, 4) is 0 Å². The van der Waals surface area contributed by atoms with Gasteiger partial charge in [0.05, 0.1) is 0 Å². The van der Waals surface area contributed by atoms with Crippen LogP contribution in [0.2, 0.25) is 0 Å². The zero-order valence-electron chi connectivity index (χ0n) is 3.81. The van der Waals surface area contributed by atoms with Crippen LogP contribution in [0.4, 0.5) is 13.2 Å². The maximum absolute atomic E-state index is 11.3. The van der Waals surface area contributed by atoms with E-state index in [-0.39, 0.29) is 29.6 Å². The Morgan fingerprint density at radius 2 is 1.50 bits per heavy atom. The number of hydrogen-bond acceptors (Lipinski definition) is 2. The van der Waals surface area contributed by atoms with E-state index in [0.29, 0.717) is 0 Å². The molecule has 0 aliphatic rings. The van der Waals surface area contributed by atoms with Crippen molar-refractivity contribution >= 4 is 39.7 Å². The molecule has 0 radical (unpaired) electrons. The van der Waals surface area contributed by atoms with Gasteiger partial charge >= 0.3 is 50.9 Å². The molecule has 0 aromatic rings. The van der Waals surface area contributed by atoms with Crippen LogP contribution in [0.25, 0.3) is 0 Å². The van der Waals surface area contributed by atoms with E-state index in [2.05, 4.69) is 0 Å². The summed E-state index contributed by atoms with van der Waals surface area (Å²) in [6, 6.07) is 0. The number of rotatable bonds is 1. The Morgan fingerprint density at radius 3 is 1.50 bits per heavy atom. The summed E-state index contributed by atoms with van der Waals surface area (Å²) >= 11 is 0.